The van der Waals surface area contributed by atoms with E-state index in [0.29, 0.717) is 24.0 Å². The number of anilines is 1. The third-order valence-electron chi connectivity index (χ3n) is 5.68. The molecule has 4 rings (SSSR count). The summed E-state index contributed by atoms with van der Waals surface area (Å²) in [5.74, 6) is 3.37. The maximum Gasteiger partial charge on any atom is 0.193 e. The Hall–Kier alpha value is -1.82. The van der Waals surface area contributed by atoms with E-state index in [1.165, 1.54) is 18.4 Å². The number of likely N-dealkylation sites (tertiary alicyclic amines) is 1. The molecule has 3 aliphatic rings. The van der Waals surface area contributed by atoms with E-state index in [0.717, 1.165) is 31.4 Å². The Labute approximate surface area is 143 Å². The van der Waals surface area contributed by atoms with Crippen LogP contribution in [0.4, 0.5) is 5.82 Å². The molecule has 6 nitrogen and oxygen atoms in total. The summed E-state index contributed by atoms with van der Waals surface area (Å²) >= 11 is 0. The second kappa shape index (κ2) is 6.24. The van der Waals surface area contributed by atoms with Gasteiger partial charge in [0.2, 0.25) is 0 Å². The number of nitrogens with zero attached hydrogens (tertiary/aromatic N) is 4. The van der Waals surface area contributed by atoms with Crippen LogP contribution in [0.15, 0.2) is 23.3 Å². The van der Waals surface area contributed by atoms with E-state index in [1.54, 1.807) is 0 Å². The van der Waals surface area contributed by atoms with E-state index in [-0.39, 0.29) is 0 Å². The van der Waals surface area contributed by atoms with Gasteiger partial charge in [0.1, 0.15) is 5.82 Å². The Bertz CT molecular complexity index is 596. The predicted octanol–water partition coefficient (Wildman–Crippen LogP) is 1.33. The maximum atomic E-state index is 6.06. The van der Waals surface area contributed by atoms with E-state index < -0.39 is 0 Å². The van der Waals surface area contributed by atoms with Gasteiger partial charge in [-0.15, -0.1) is 0 Å². The molecule has 1 N–H and O–H groups in total. The summed E-state index contributed by atoms with van der Waals surface area (Å²) in [6.07, 6.45) is 5.41. The van der Waals surface area contributed by atoms with E-state index in [9.17, 15) is 0 Å². The molecular formula is C18H27N5O. The number of rotatable bonds is 3. The SMILES string of the molecule is CN=C(NCc1ccc(N(C)C)nc1)N1CC2C3CCC(O3)C2C1. The summed E-state index contributed by atoms with van der Waals surface area (Å²) in [4.78, 5) is 13.4. The molecule has 3 fully saturated rings. The normalized spacial score (nSPS) is 31.5. The van der Waals surface area contributed by atoms with Crippen LogP contribution in [0.3, 0.4) is 0 Å². The van der Waals surface area contributed by atoms with Crippen LogP contribution < -0.4 is 10.2 Å². The predicted molar refractivity (Wildman–Crippen MR) is 95.2 cm³/mol. The van der Waals surface area contributed by atoms with E-state index >= 15 is 0 Å². The average molecular weight is 329 g/mol. The number of aliphatic imine (C=N–C) groups is 1. The third kappa shape index (κ3) is 2.73. The highest BCUT2D eigenvalue weighted by Gasteiger charge is 2.53. The summed E-state index contributed by atoms with van der Waals surface area (Å²) < 4.78 is 6.06. The molecule has 6 heteroatoms. The van der Waals surface area contributed by atoms with Crippen molar-refractivity contribution in [3.05, 3.63) is 23.9 Å². The van der Waals surface area contributed by atoms with Gasteiger partial charge in [-0.3, -0.25) is 4.99 Å². The lowest BCUT2D eigenvalue weighted by atomic mass is 9.82. The van der Waals surface area contributed by atoms with Gasteiger partial charge in [-0.05, 0) is 24.5 Å². The van der Waals surface area contributed by atoms with Gasteiger partial charge in [-0.1, -0.05) is 6.07 Å². The number of ether oxygens (including phenoxy) is 1. The fourth-order valence-corrected chi connectivity index (χ4v) is 4.43. The Balaban J connectivity index is 1.35. The van der Waals surface area contributed by atoms with E-state index in [2.05, 4.69) is 32.3 Å². The highest BCUT2D eigenvalue weighted by Crippen LogP contribution is 2.47. The highest BCUT2D eigenvalue weighted by molar-refractivity contribution is 5.80. The first-order valence-electron chi connectivity index (χ1n) is 8.89. The maximum absolute atomic E-state index is 6.06. The number of hydrogen-bond donors (Lipinski definition) is 1. The van der Waals surface area contributed by atoms with Gasteiger partial charge in [0.15, 0.2) is 5.96 Å². The molecule has 0 aliphatic carbocycles. The minimum atomic E-state index is 0.492. The van der Waals surface area contributed by atoms with Crippen molar-refractivity contribution in [3.8, 4) is 0 Å². The number of aromatic nitrogens is 1. The molecule has 24 heavy (non-hydrogen) atoms. The summed E-state index contributed by atoms with van der Waals surface area (Å²) in [5, 5.41) is 3.50. The van der Waals surface area contributed by atoms with Gasteiger partial charge in [-0.2, -0.15) is 0 Å². The Kier molecular flexibility index (Phi) is 4.08. The molecule has 0 amide bonds. The zero-order chi connectivity index (χ0) is 16.7. The van der Waals surface area contributed by atoms with Crippen LogP contribution in [0.5, 0.6) is 0 Å². The lowest BCUT2D eigenvalue weighted by molar-refractivity contribution is 0.0767. The molecule has 1 aromatic heterocycles. The van der Waals surface area contributed by atoms with Gasteiger partial charge >= 0.3 is 0 Å². The number of nitrogens with one attached hydrogen (secondary N) is 1. The summed E-state index contributed by atoms with van der Waals surface area (Å²) in [5.41, 5.74) is 1.17. The minimum absolute atomic E-state index is 0.492. The molecule has 3 saturated heterocycles. The van der Waals surface area contributed by atoms with Crippen LogP contribution in [0, 0.1) is 11.8 Å². The first-order chi connectivity index (χ1) is 11.7. The van der Waals surface area contributed by atoms with Crippen molar-refractivity contribution in [2.24, 2.45) is 16.8 Å². The van der Waals surface area contributed by atoms with Crippen LogP contribution >= 0.6 is 0 Å². The van der Waals surface area contributed by atoms with Crippen molar-refractivity contribution >= 4 is 11.8 Å². The molecule has 4 heterocycles. The van der Waals surface area contributed by atoms with Crippen molar-refractivity contribution in [1.29, 1.82) is 0 Å². The van der Waals surface area contributed by atoms with Gasteiger partial charge in [-0.25, -0.2) is 4.98 Å². The van der Waals surface area contributed by atoms with Gasteiger partial charge in [0.05, 0.1) is 12.2 Å². The molecule has 4 unspecified atom stereocenters. The molecule has 130 valence electrons. The first kappa shape index (κ1) is 15.7. The topological polar surface area (TPSA) is 53.0 Å². The van der Waals surface area contributed by atoms with Crippen LogP contribution in [-0.4, -0.2) is 62.3 Å². The Morgan fingerprint density at radius 1 is 1.29 bits per heavy atom. The monoisotopic (exact) mass is 329 g/mol. The van der Waals surface area contributed by atoms with Gasteiger partial charge in [0, 0.05) is 58.8 Å². The van der Waals surface area contributed by atoms with Gasteiger partial charge in [0.25, 0.3) is 0 Å². The number of guanidine groups is 1. The zero-order valence-corrected chi connectivity index (χ0v) is 14.8. The van der Waals surface area contributed by atoms with Crippen molar-refractivity contribution in [3.63, 3.8) is 0 Å². The largest absolute Gasteiger partial charge is 0.374 e. The van der Waals surface area contributed by atoms with E-state index in [1.807, 2.05) is 32.2 Å². The third-order valence-corrected chi connectivity index (χ3v) is 5.68. The molecule has 2 bridgehead atoms. The molecule has 3 aliphatic heterocycles. The quantitative estimate of drug-likeness (QED) is 0.670. The van der Waals surface area contributed by atoms with Crippen molar-refractivity contribution < 1.29 is 4.74 Å². The molecule has 0 spiro atoms. The van der Waals surface area contributed by atoms with Crippen LogP contribution in [0.1, 0.15) is 18.4 Å². The fourth-order valence-electron chi connectivity index (χ4n) is 4.43. The van der Waals surface area contributed by atoms with Crippen molar-refractivity contribution in [1.82, 2.24) is 15.2 Å². The number of fused-ring (bicyclic) bond motifs is 5. The molecular weight excluding hydrogens is 302 g/mol. The van der Waals surface area contributed by atoms with Crippen molar-refractivity contribution in [2.45, 2.75) is 31.6 Å². The lowest BCUT2D eigenvalue weighted by Gasteiger charge is -2.23. The molecule has 0 aromatic carbocycles. The van der Waals surface area contributed by atoms with Crippen LogP contribution in [0.25, 0.3) is 0 Å². The fraction of sp³-hybridized carbons (Fsp3) is 0.667. The summed E-state index contributed by atoms with van der Waals surface area (Å²) in [7, 11) is 5.88. The lowest BCUT2D eigenvalue weighted by Crippen LogP contribution is -2.41. The van der Waals surface area contributed by atoms with Crippen molar-refractivity contribution in [2.75, 3.05) is 39.1 Å². The van der Waals surface area contributed by atoms with Crippen LogP contribution in [0.2, 0.25) is 0 Å². The minimum Gasteiger partial charge on any atom is -0.374 e. The molecule has 0 saturated carbocycles. The second-order valence-electron chi connectivity index (χ2n) is 7.34. The summed E-state index contributed by atoms with van der Waals surface area (Å²) in [6, 6.07) is 4.17. The number of pyridine rings is 1. The smallest absolute Gasteiger partial charge is 0.193 e. The Morgan fingerprint density at radius 2 is 2.00 bits per heavy atom. The first-order valence-corrected chi connectivity index (χ1v) is 8.89. The Morgan fingerprint density at radius 3 is 2.54 bits per heavy atom. The molecule has 0 radical (unpaired) electrons. The van der Waals surface area contributed by atoms with E-state index in [4.69, 9.17) is 4.74 Å². The number of hydrogen-bond acceptors (Lipinski definition) is 4. The highest BCUT2D eigenvalue weighted by atomic mass is 16.5. The zero-order valence-electron chi connectivity index (χ0n) is 14.8. The molecule has 1 aromatic rings. The average Bonchev–Trinajstić information content (AvgIpc) is 3.29. The summed E-state index contributed by atoms with van der Waals surface area (Å²) in [6.45, 7) is 2.90. The van der Waals surface area contributed by atoms with Gasteiger partial charge < -0.3 is 19.9 Å². The van der Waals surface area contributed by atoms with Crippen LogP contribution in [-0.2, 0) is 11.3 Å². The second-order valence-corrected chi connectivity index (χ2v) is 7.34. The molecule has 4 atom stereocenters. The standard InChI is InChI=1S/C18H27N5O/c1-19-18(21-9-12-4-7-17(20-8-12)22(2)3)23-10-13-14(11-23)16-6-5-15(13)24-16/h4,7-8,13-16H,5-6,9-11H2,1-3H3,(H,19,21).